The van der Waals surface area contributed by atoms with Gasteiger partial charge < -0.3 is 20.4 Å². The molecular formula is C19H28N6O2. The van der Waals surface area contributed by atoms with E-state index in [0.717, 1.165) is 12.8 Å². The molecule has 1 fully saturated rings. The van der Waals surface area contributed by atoms with Gasteiger partial charge in [0, 0.05) is 38.9 Å². The first-order valence-corrected chi connectivity index (χ1v) is 9.09. The van der Waals surface area contributed by atoms with Gasteiger partial charge in [-0.2, -0.15) is 5.26 Å². The minimum atomic E-state index is -0.350. The first-order valence-electron chi connectivity index (χ1n) is 9.09. The summed E-state index contributed by atoms with van der Waals surface area (Å²) in [4.78, 5) is 31.6. The number of carbonyl (C=O) groups is 2. The van der Waals surface area contributed by atoms with Crippen molar-refractivity contribution >= 4 is 17.6 Å². The number of hydrogen-bond donors (Lipinski definition) is 2. The van der Waals surface area contributed by atoms with E-state index < -0.39 is 0 Å². The van der Waals surface area contributed by atoms with Gasteiger partial charge in [0.15, 0.2) is 0 Å². The van der Waals surface area contributed by atoms with Gasteiger partial charge in [-0.3, -0.25) is 9.59 Å². The third-order valence-corrected chi connectivity index (χ3v) is 4.57. The highest BCUT2D eigenvalue weighted by Crippen LogP contribution is 2.16. The first kappa shape index (κ1) is 20.6. The van der Waals surface area contributed by atoms with Gasteiger partial charge in [-0.15, -0.1) is 0 Å². The smallest absolute Gasteiger partial charge is 0.254 e. The third kappa shape index (κ3) is 5.66. The molecule has 0 aromatic carbocycles. The molecule has 2 N–H and O–H groups in total. The fraction of sp³-hybridized carbons (Fsp3) is 0.579. The van der Waals surface area contributed by atoms with Crippen molar-refractivity contribution in [2.24, 2.45) is 0 Å². The molecule has 1 aromatic rings. The van der Waals surface area contributed by atoms with Crippen molar-refractivity contribution in [1.29, 1.82) is 5.26 Å². The molecule has 0 unspecified atom stereocenters. The fourth-order valence-corrected chi connectivity index (χ4v) is 2.87. The summed E-state index contributed by atoms with van der Waals surface area (Å²) in [5, 5.41) is 15.6. The Hall–Kier alpha value is -2.66. The summed E-state index contributed by atoms with van der Waals surface area (Å²) in [5.74, 6) is 0.527. The van der Waals surface area contributed by atoms with E-state index >= 15 is 0 Å². The fourth-order valence-electron chi connectivity index (χ4n) is 2.87. The van der Waals surface area contributed by atoms with Crippen molar-refractivity contribution in [3.8, 4) is 6.07 Å². The SMILES string of the molecule is CN(C)C(=O)c1ccc(NCC(C)(C)NCC(=O)N2CCC[C@H]2C#N)nc1. The van der Waals surface area contributed by atoms with Gasteiger partial charge >= 0.3 is 0 Å². The van der Waals surface area contributed by atoms with Crippen LogP contribution in [-0.4, -0.2) is 71.9 Å². The molecule has 0 bridgehead atoms. The standard InChI is InChI=1S/C19H28N6O2/c1-19(2,23-12-17(26)25-9-5-6-15(25)10-20)13-22-16-8-7-14(11-21-16)18(27)24(3)4/h7-8,11,15,23H,5-6,9,12-13H2,1-4H3,(H,21,22)/t15-/m0/s1. The van der Waals surface area contributed by atoms with Crippen LogP contribution >= 0.6 is 0 Å². The Balaban J connectivity index is 1.83. The molecule has 1 atom stereocenters. The Kier molecular flexibility index (Phi) is 6.75. The number of nitrogens with zero attached hydrogens (tertiary/aromatic N) is 4. The van der Waals surface area contributed by atoms with E-state index in [9.17, 15) is 9.59 Å². The largest absolute Gasteiger partial charge is 0.368 e. The van der Waals surface area contributed by atoms with E-state index in [4.69, 9.17) is 5.26 Å². The van der Waals surface area contributed by atoms with Crippen molar-refractivity contribution in [2.45, 2.75) is 38.3 Å². The molecule has 146 valence electrons. The van der Waals surface area contributed by atoms with Crippen LogP contribution in [0, 0.1) is 11.3 Å². The maximum atomic E-state index is 12.3. The van der Waals surface area contributed by atoms with E-state index in [2.05, 4.69) is 21.7 Å². The molecule has 0 spiro atoms. The lowest BCUT2D eigenvalue weighted by atomic mass is 10.1. The number of likely N-dealkylation sites (tertiary alicyclic amines) is 1. The molecule has 0 radical (unpaired) electrons. The second-order valence-corrected chi connectivity index (χ2v) is 7.60. The number of anilines is 1. The molecule has 2 heterocycles. The van der Waals surface area contributed by atoms with E-state index in [1.54, 1.807) is 37.3 Å². The van der Waals surface area contributed by atoms with Crippen LogP contribution in [0.4, 0.5) is 5.82 Å². The highest BCUT2D eigenvalue weighted by molar-refractivity contribution is 5.93. The normalized spacial score (nSPS) is 16.7. The molecule has 8 nitrogen and oxygen atoms in total. The van der Waals surface area contributed by atoms with E-state index in [1.807, 2.05) is 13.8 Å². The third-order valence-electron chi connectivity index (χ3n) is 4.57. The highest BCUT2D eigenvalue weighted by atomic mass is 16.2. The molecule has 8 heteroatoms. The molecule has 0 aliphatic carbocycles. The number of nitrogens with one attached hydrogen (secondary N) is 2. The van der Waals surface area contributed by atoms with Crippen LogP contribution in [0.15, 0.2) is 18.3 Å². The second-order valence-electron chi connectivity index (χ2n) is 7.60. The zero-order valence-corrected chi connectivity index (χ0v) is 16.5. The number of aromatic nitrogens is 1. The molecular weight excluding hydrogens is 344 g/mol. The van der Waals surface area contributed by atoms with Gasteiger partial charge in [-0.25, -0.2) is 4.98 Å². The Labute approximate surface area is 160 Å². The molecule has 1 aromatic heterocycles. The van der Waals surface area contributed by atoms with Gasteiger partial charge in [0.2, 0.25) is 5.91 Å². The van der Waals surface area contributed by atoms with Gasteiger partial charge in [0.05, 0.1) is 18.2 Å². The maximum absolute atomic E-state index is 12.3. The summed E-state index contributed by atoms with van der Waals surface area (Å²) in [7, 11) is 3.40. The lowest BCUT2D eigenvalue weighted by molar-refractivity contribution is -0.130. The number of nitriles is 1. The van der Waals surface area contributed by atoms with Crippen molar-refractivity contribution in [3.05, 3.63) is 23.9 Å². The predicted molar refractivity (Wildman–Crippen MR) is 103 cm³/mol. The molecule has 2 amide bonds. The summed E-state index contributed by atoms with van der Waals surface area (Å²) in [6.07, 6.45) is 3.18. The van der Waals surface area contributed by atoms with Crippen molar-refractivity contribution < 1.29 is 9.59 Å². The maximum Gasteiger partial charge on any atom is 0.254 e. The lowest BCUT2D eigenvalue weighted by Crippen LogP contribution is -2.50. The average molecular weight is 372 g/mol. The van der Waals surface area contributed by atoms with Crippen LogP contribution in [0.5, 0.6) is 0 Å². The van der Waals surface area contributed by atoms with E-state index in [0.29, 0.717) is 24.5 Å². The summed E-state index contributed by atoms with van der Waals surface area (Å²) < 4.78 is 0. The number of amides is 2. The van der Waals surface area contributed by atoms with Crippen LogP contribution in [-0.2, 0) is 4.79 Å². The monoisotopic (exact) mass is 372 g/mol. The van der Waals surface area contributed by atoms with Crippen LogP contribution < -0.4 is 10.6 Å². The first-order chi connectivity index (χ1) is 12.7. The Morgan fingerprint density at radius 2 is 2.15 bits per heavy atom. The number of hydrogen-bond acceptors (Lipinski definition) is 6. The quantitative estimate of drug-likeness (QED) is 0.743. The molecule has 2 rings (SSSR count). The molecule has 27 heavy (non-hydrogen) atoms. The molecule has 1 aliphatic rings. The van der Waals surface area contributed by atoms with Crippen LogP contribution in [0.25, 0.3) is 0 Å². The van der Waals surface area contributed by atoms with E-state index in [-0.39, 0.29) is 29.9 Å². The van der Waals surface area contributed by atoms with Gasteiger partial charge in [0.1, 0.15) is 11.9 Å². The highest BCUT2D eigenvalue weighted by Gasteiger charge is 2.29. The van der Waals surface area contributed by atoms with Crippen LogP contribution in [0.2, 0.25) is 0 Å². The average Bonchev–Trinajstić information content (AvgIpc) is 3.13. The number of pyridine rings is 1. The minimum Gasteiger partial charge on any atom is -0.368 e. The van der Waals surface area contributed by atoms with Crippen molar-refractivity contribution in [1.82, 2.24) is 20.1 Å². The van der Waals surface area contributed by atoms with Crippen molar-refractivity contribution in [3.63, 3.8) is 0 Å². The van der Waals surface area contributed by atoms with Crippen LogP contribution in [0.3, 0.4) is 0 Å². The topological polar surface area (TPSA) is 101 Å². The van der Waals surface area contributed by atoms with E-state index in [1.165, 1.54) is 4.90 Å². The van der Waals surface area contributed by atoms with Gasteiger partial charge in [0.25, 0.3) is 5.91 Å². The Morgan fingerprint density at radius 1 is 1.41 bits per heavy atom. The molecule has 0 saturated carbocycles. The number of carbonyl (C=O) groups excluding carboxylic acids is 2. The molecule has 1 aliphatic heterocycles. The zero-order valence-electron chi connectivity index (χ0n) is 16.5. The summed E-state index contributed by atoms with van der Waals surface area (Å²) in [5.41, 5.74) is 0.184. The summed E-state index contributed by atoms with van der Waals surface area (Å²) >= 11 is 0. The summed E-state index contributed by atoms with van der Waals surface area (Å²) in [6, 6.07) is 5.39. The van der Waals surface area contributed by atoms with Crippen molar-refractivity contribution in [2.75, 3.05) is 39.0 Å². The summed E-state index contributed by atoms with van der Waals surface area (Å²) in [6.45, 7) is 5.37. The van der Waals surface area contributed by atoms with Gasteiger partial charge in [-0.05, 0) is 38.8 Å². The minimum absolute atomic E-state index is 0.0446. The second kappa shape index (κ2) is 8.82. The molecule has 1 saturated heterocycles. The Morgan fingerprint density at radius 3 is 2.74 bits per heavy atom. The van der Waals surface area contributed by atoms with Crippen LogP contribution in [0.1, 0.15) is 37.0 Å². The Bertz CT molecular complexity index is 708. The number of rotatable bonds is 7. The van der Waals surface area contributed by atoms with Gasteiger partial charge in [-0.1, -0.05) is 0 Å². The zero-order chi connectivity index (χ0) is 20.0. The predicted octanol–water partition coefficient (Wildman–Crippen LogP) is 1.08. The lowest BCUT2D eigenvalue weighted by Gasteiger charge is -2.28.